The minimum absolute atomic E-state index is 0.0674. The molecule has 0 fully saturated rings. The lowest BCUT2D eigenvalue weighted by atomic mass is 10.1. The van der Waals surface area contributed by atoms with Gasteiger partial charge in [-0.1, -0.05) is 35.0 Å². The summed E-state index contributed by atoms with van der Waals surface area (Å²) in [6.07, 6.45) is 0.688. The zero-order valence-corrected chi connectivity index (χ0v) is 17.8. The standard InChI is InChI=1S/C23H24N4O5/c1-15-5-9-17(10-6-15)25-23(30)26-18-11-7-16(8-12-18)19-14-20(32-27-19)22(29)24-13-3-4-21(28)31-2/h5-12,14H,3-4,13H2,1-2H3,(H,24,29)(H2,25,26,30). The highest BCUT2D eigenvalue weighted by Crippen LogP contribution is 2.21. The molecule has 3 N–H and O–H groups in total. The minimum atomic E-state index is -0.417. The number of nitrogens with one attached hydrogen (secondary N) is 3. The van der Waals surface area contributed by atoms with E-state index in [2.05, 4.69) is 25.8 Å². The van der Waals surface area contributed by atoms with Crippen molar-refractivity contribution in [2.75, 3.05) is 24.3 Å². The first-order chi connectivity index (χ1) is 15.4. The third kappa shape index (κ3) is 6.43. The Balaban J connectivity index is 1.52. The molecule has 32 heavy (non-hydrogen) atoms. The number of aromatic nitrogens is 1. The molecule has 0 aliphatic heterocycles. The molecule has 1 heterocycles. The zero-order valence-electron chi connectivity index (χ0n) is 17.8. The summed E-state index contributed by atoms with van der Waals surface area (Å²) in [5, 5.41) is 12.1. The lowest BCUT2D eigenvalue weighted by Crippen LogP contribution is -2.24. The molecule has 9 nitrogen and oxygen atoms in total. The van der Waals surface area contributed by atoms with Crippen LogP contribution in [0.4, 0.5) is 16.2 Å². The van der Waals surface area contributed by atoms with Crippen molar-refractivity contribution in [2.24, 2.45) is 0 Å². The summed E-state index contributed by atoms with van der Waals surface area (Å²) in [7, 11) is 1.32. The molecule has 0 saturated carbocycles. The average molecular weight is 436 g/mol. The van der Waals surface area contributed by atoms with Crippen molar-refractivity contribution in [3.05, 3.63) is 65.9 Å². The Morgan fingerprint density at radius 2 is 1.59 bits per heavy atom. The summed E-state index contributed by atoms with van der Waals surface area (Å²) in [6, 6.07) is 15.6. The second-order valence-corrected chi connectivity index (χ2v) is 7.03. The van der Waals surface area contributed by atoms with E-state index in [1.165, 1.54) is 13.2 Å². The predicted molar refractivity (Wildman–Crippen MR) is 119 cm³/mol. The van der Waals surface area contributed by atoms with Crippen LogP contribution in [0.25, 0.3) is 11.3 Å². The lowest BCUT2D eigenvalue weighted by molar-refractivity contribution is -0.140. The number of aryl methyl sites for hydroxylation is 1. The van der Waals surface area contributed by atoms with Crippen LogP contribution in [0, 0.1) is 6.92 Å². The van der Waals surface area contributed by atoms with E-state index in [1.807, 2.05) is 31.2 Å². The smallest absolute Gasteiger partial charge is 0.323 e. The van der Waals surface area contributed by atoms with Gasteiger partial charge in [0.15, 0.2) is 0 Å². The van der Waals surface area contributed by atoms with Gasteiger partial charge in [0.25, 0.3) is 5.91 Å². The van der Waals surface area contributed by atoms with Crippen molar-refractivity contribution in [2.45, 2.75) is 19.8 Å². The van der Waals surface area contributed by atoms with E-state index in [0.29, 0.717) is 30.0 Å². The number of urea groups is 1. The van der Waals surface area contributed by atoms with E-state index in [9.17, 15) is 14.4 Å². The van der Waals surface area contributed by atoms with E-state index in [1.54, 1.807) is 24.3 Å². The molecule has 166 valence electrons. The van der Waals surface area contributed by atoms with Gasteiger partial charge in [0.2, 0.25) is 5.76 Å². The molecule has 2 aromatic carbocycles. The summed E-state index contributed by atoms with van der Waals surface area (Å²) in [4.78, 5) is 35.3. The molecule has 0 aliphatic carbocycles. The Bertz CT molecular complexity index is 1070. The summed E-state index contributed by atoms with van der Waals surface area (Å²) in [5.41, 5.74) is 3.62. The number of esters is 1. The number of amides is 3. The Morgan fingerprint density at radius 3 is 2.22 bits per heavy atom. The summed E-state index contributed by atoms with van der Waals surface area (Å²) in [5.74, 6) is -0.677. The molecule has 0 spiro atoms. The largest absolute Gasteiger partial charge is 0.469 e. The lowest BCUT2D eigenvalue weighted by Gasteiger charge is -2.08. The molecule has 3 rings (SSSR count). The molecule has 0 bridgehead atoms. The summed E-state index contributed by atoms with van der Waals surface area (Å²) < 4.78 is 9.66. The third-order valence-corrected chi connectivity index (χ3v) is 4.55. The minimum Gasteiger partial charge on any atom is -0.469 e. The van der Waals surface area contributed by atoms with Crippen molar-refractivity contribution in [3.8, 4) is 11.3 Å². The fraction of sp³-hybridized carbons (Fsp3) is 0.217. The maximum Gasteiger partial charge on any atom is 0.323 e. The SMILES string of the molecule is COC(=O)CCCNC(=O)c1cc(-c2ccc(NC(=O)Nc3ccc(C)cc3)cc2)no1. The Hall–Kier alpha value is -4.14. The highest BCUT2D eigenvalue weighted by Gasteiger charge is 2.14. The number of hydrogen-bond donors (Lipinski definition) is 3. The number of carbonyl (C=O) groups excluding carboxylic acids is 3. The number of benzene rings is 2. The number of hydrogen-bond acceptors (Lipinski definition) is 6. The van der Waals surface area contributed by atoms with Crippen molar-refractivity contribution in [1.82, 2.24) is 10.5 Å². The Labute approximate surface area is 185 Å². The van der Waals surface area contributed by atoms with Crippen LogP contribution >= 0.6 is 0 Å². The van der Waals surface area contributed by atoms with E-state index in [-0.39, 0.29) is 24.2 Å². The van der Waals surface area contributed by atoms with Gasteiger partial charge in [-0.2, -0.15) is 0 Å². The molecule has 0 saturated heterocycles. The Kier molecular flexibility index (Phi) is 7.58. The average Bonchev–Trinajstić information content (AvgIpc) is 3.29. The molecule has 3 amide bonds. The molecule has 0 radical (unpaired) electrons. The first kappa shape index (κ1) is 22.5. The molecular weight excluding hydrogens is 412 g/mol. The van der Waals surface area contributed by atoms with Crippen LogP contribution in [0.5, 0.6) is 0 Å². The van der Waals surface area contributed by atoms with Crippen molar-refractivity contribution >= 4 is 29.3 Å². The molecule has 9 heteroatoms. The maximum absolute atomic E-state index is 12.1. The number of carbonyl (C=O) groups is 3. The van der Waals surface area contributed by atoms with Crippen molar-refractivity contribution in [3.63, 3.8) is 0 Å². The quantitative estimate of drug-likeness (QED) is 0.363. The number of nitrogens with zero attached hydrogens (tertiary/aromatic N) is 1. The van der Waals surface area contributed by atoms with Gasteiger partial charge in [-0.05, 0) is 37.6 Å². The summed E-state index contributed by atoms with van der Waals surface area (Å²) in [6.45, 7) is 2.29. The number of ether oxygens (including phenoxy) is 1. The molecule has 0 aliphatic rings. The van der Waals surface area contributed by atoms with Gasteiger partial charge in [0, 0.05) is 36.0 Å². The van der Waals surface area contributed by atoms with Gasteiger partial charge < -0.3 is 25.2 Å². The maximum atomic E-state index is 12.1. The van der Waals surface area contributed by atoms with Crippen LogP contribution in [0.3, 0.4) is 0 Å². The van der Waals surface area contributed by atoms with Crippen LogP contribution in [-0.4, -0.2) is 36.7 Å². The predicted octanol–water partition coefficient (Wildman–Crippen LogP) is 3.98. The van der Waals surface area contributed by atoms with Crippen molar-refractivity contribution < 1.29 is 23.6 Å². The monoisotopic (exact) mass is 436 g/mol. The fourth-order valence-electron chi connectivity index (χ4n) is 2.80. The number of rotatable bonds is 8. The van der Waals surface area contributed by atoms with Gasteiger partial charge in [-0.3, -0.25) is 9.59 Å². The van der Waals surface area contributed by atoms with Crippen LogP contribution in [0.2, 0.25) is 0 Å². The van der Waals surface area contributed by atoms with E-state index >= 15 is 0 Å². The Morgan fingerprint density at radius 1 is 0.969 bits per heavy atom. The molecule has 0 atom stereocenters. The van der Waals surface area contributed by atoms with E-state index < -0.39 is 5.91 Å². The van der Waals surface area contributed by atoms with Gasteiger partial charge in [0.05, 0.1) is 7.11 Å². The molecule has 0 unspecified atom stereocenters. The van der Waals surface area contributed by atoms with Crippen LogP contribution in [0.1, 0.15) is 29.0 Å². The first-order valence-electron chi connectivity index (χ1n) is 10.0. The highest BCUT2D eigenvalue weighted by molar-refractivity contribution is 5.99. The summed E-state index contributed by atoms with van der Waals surface area (Å²) >= 11 is 0. The second-order valence-electron chi connectivity index (χ2n) is 7.03. The second kappa shape index (κ2) is 10.8. The normalized spacial score (nSPS) is 10.3. The topological polar surface area (TPSA) is 123 Å². The first-order valence-corrected chi connectivity index (χ1v) is 10.0. The highest BCUT2D eigenvalue weighted by atomic mass is 16.5. The van der Waals surface area contributed by atoms with Crippen LogP contribution < -0.4 is 16.0 Å². The van der Waals surface area contributed by atoms with Gasteiger partial charge in [-0.15, -0.1) is 0 Å². The van der Waals surface area contributed by atoms with Crippen LogP contribution in [-0.2, 0) is 9.53 Å². The molecular formula is C23H24N4O5. The van der Waals surface area contributed by atoms with Crippen molar-refractivity contribution in [1.29, 1.82) is 0 Å². The number of methoxy groups -OCH3 is 1. The van der Waals surface area contributed by atoms with Gasteiger partial charge >= 0.3 is 12.0 Å². The van der Waals surface area contributed by atoms with Crippen LogP contribution in [0.15, 0.2) is 59.1 Å². The molecule has 3 aromatic rings. The van der Waals surface area contributed by atoms with E-state index in [0.717, 1.165) is 11.1 Å². The number of anilines is 2. The fourth-order valence-corrected chi connectivity index (χ4v) is 2.80. The van der Waals surface area contributed by atoms with Gasteiger partial charge in [-0.25, -0.2) is 4.79 Å². The van der Waals surface area contributed by atoms with E-state index in [4.69, 9.17) is 4.52 Å². The molecule has 1 aromatic heterocycles. The van der Waals surface area contributed by atoms with Gasteiger partial charge in [0.1, 0.15) is 5.69 Å². The zero-order chi connectivity index (χ0) is 22.9. The third-order valence-electron chi connectivity index (χ3n) is 4.55.